The zero-order valence-electron chi connectivity index (χ0n) is 11.1. The maximum absolute atomic E-state index is 11.7. The Hall–Kier alpha value is -3.01. The van der Waals surface area contributed by atoms with E-state index in [-0.39, 0.29) is 23.0 Å². The molecule has 0 unspecified atom stereocenters. The van der Waals surface area contributed by atoms with Crippen molar-refractivity contribution in [3.63, 3.8) is 0 Å². The van der Waals surface area contributed by atoms with Crippen molar-refractivity contribution in [2.75, 3.05) is 0 Å². The first-order chi connectivity index (χ1) is 10.0. The first-order valence-corrected chi connectivity index (χ1v) is 6.25. The predicted octanol–water partition coefficient (Wildman–Crippen LogP) is 3.10. The normalized spacial score (nSPS) is 11.2. The number of phenolic OH excluding ortho intramolecular Hbond substituents is 3. The molecular formula is C17H14O4. The molecule has 0 aromatic heterocycles. The van der Waals surface area contributed by atoms with Crippen molar-refractivity contribution in [3.05, 3.63) is 65.7 Å². The van der Waals surface area contributed by atoms with Gasteiger partial charge in [-0.15, -0.1) is 0 Å². The van der Waals surface area contributed by atoms with Gasteiger partial charge in [0, 0.05) is 6.07 Å². The number of allylic oxidation sites excluding steroid dienone is 2. The molecule has 0 atom stereocenters. The fraction of sp³-hybridized carbons (Fsp3) is 0. The van der Waals surface area contributed by atoms with Crippen molar-refractivity contribution in [1.82, 2.24) is 0 Å². The summed E-state index contributed by atoms with van der Waals surface area (Å²) in [4.78, 5) is 11.7. The topological polar surface area (TPSA) is 77.8 Å². The average molecular weight is 282 g/mol. The van der Waals surface area contributed by atoms with E-state index in [4.69, 9.17) is 0 Å². The summed E-state index contributed by atoms with van der Waals surface area (Å²) in [5.41, 5.74) is 1.23. The molecule has 2 aromatic rings. The van der Waals surface area contributed by atoms with Crippen LogP contribution in [0.1, 0.15) is 11.1 Å². The molecule has 0 saturated carbocycles. The van der Waals surface area contributed by atoms with E-state index in [1.54, 1.807) is 30.3 Å². The van der Waals surface area contributed by atoms with Gasteiger partial charge in [0.1, 0.15) is 17.2 Å². The average Bonchev–Trinajstić information content (AvgIpc) is 2.42. The minimum Gasteiger partial charge on any atom is -0.508 e. The number of hydrogen-bond donors (Lipinski definition) is 3. The zero-order valence-corrected chi connectivity index (χ0v) is 11.1. The fourth-order valence-corrected chi connectivity index (χ4v) is 1.76. The molecule has 4 heteroatoms. The second kappa shape index (κ2) is 6.43. The standard InChI is InChI=1S/C17H14O4/c18-14(6-4-12-2-1-3-15(19)8-12)7-5-13-9-16(20)11-17(21)10-13/h1-11,19-21H/b6-4+,7-5+. The Morgan fingerprint density at radius 2 is 1.33 bits per heavy atom. The summed E-state index contributed by atoms with van der Waals surface area (Å²) in [6.07, 6.45) is 5.78. The Bertz CT molecular complexity index is 694. The van der Waals surface area contributed by atoms with E-state index in [1.807, 2.05) is 0 Å². The second-order valence-corrected chi connectivity index (χ2v) is 4.45. The Morgan fingerprint density at radius 1 is 0.762 bits per heavy atom. The van der Waals surface area contributed by atoms with E-state index >= 15 is 0 Å². The molecule has 2 rings (SSSR count). The molecule has 3 N–H and O–H groups in total. The molecule has 0 spiro atoms. The van der Waals surface area contributed by atoms with Crippen molar-refractivity contribution in [2.45, 2.75) is 0 Å². The van der Waals surface area contributed by atoms with E-state index in [2.05, 4.69) is 0 Å². The van der Waals surface area contributed by atoms with Crippen LogP contribution < -0.4 is 0 Å². The lowest BCUT2D eigenvalue weighted by Crippen LogP contribution is -1.85. The SMILES string of the molecule is O=C(/C=C/c1cccc(O)c1)/C=C/c1cc(O)cc(O)c1. The first-order valence-electron chi connectivity index (χ1n) is 6.25. The van der Waals surface area contributed by atoms with E-state index in [0.717, 1.165) is 0 Å². The Balaban J connectivity index is 2.05. The molecule has 0 aliphatic rings. The number of carbonyl (C=O) groups is 1. The maximum atomic E-state index is 11.7. The second-order valence-electron chi connectivity index (χ2n) is 4.45. The predicted molar refractivity (Wildman–Crippen MR) is 81.0 cm³/mol. The van der Waals surface area contributed by atoms with Gasteiger partial charge in [0.25, 0.3) is 0 Å². The number of aromatic hydroxyl groups is 3. The van der Waals surface area contributed by atoms with E-state index in [1.165, 1.54) is 36.4 Å². The van der Waals surface area contributed by atoms with Crippen molar-refractivity contribution >= 4 is 17.9 Å². The third kappa shape index (κ3) is 4.54. The Morgan fingerprint density at radius 3 is 1.95 bits per heavy atom. The van der Waals surface area contributed by atoms with Gasteiger partial charge >= 0.3 is 0 Å². The molecule has 0 aliphatic carbocycles. The van der Waals surface area contributed by atoms with Crippen molar-refractivity contribution in [3.8, 4) is 17.2 Å². The summed E-state index contributed by atoms with van der Waals surface area (Å²) in [7, 11) is 0. The monoisotopic (exact) mass is 282 g/mol. The Labute approximate surface area is 121 Å². The molecule has 106 valence electrons. The summed E-state index contributed by atoms with van der Waals surface area (Å²) < 4.78 is 0. The number of carbonyl (C=O) groups excluding carboxylic acids is 1. The smallest absolute Gasteiger partial charge is 0.178 e. The minimum absolute atomic E-state index is 0.0719. The Kier molecular flexibility index (Phi) is 4.41. The highest BCUT2D eigenvalue weighted by molar-refractivity contribution is 6.04. The van der Waals surface area contributed by atoms with Crippen LogP contribution >= 0.6 is 0 Å². The summed E-state index contributed by atoms with van der Waals surface area (Å²) in [5.74, 6) is -0.258. The molecule has 4 nitrogen and oxygen atoms in total. The number of rotatable bonds is 4. The van der Waals surface area contributed by atoms with Gasteiger partial charge in [0.15, 0.2) is 5.78 Å². The van der Waals surface area contributed by atoms with Gasteiger partial charge < -0.3 is 15.3 Å². The van der Waals surface area contributed by atoms with Crippen LogP contribution in [0.5, 0.6) is 17.2 Å². The van der Waals surface area contributed by atoms with E-state index < -0.39 is 0 Å². The third-order valence-electron chi connectivity index (χ3n) is 2.68. The van der Waals surface area contributed by atoms with E-state index in [0.29, 0.717) is 11.1 Å². The lowest BCUT2D eigenvalue weighted by atomic mass is 10.1. The van der Waals surface area contributed by atoms with Gasteiger partial charge in [0.05, 0.1) is 0 Å². The molecule has 0 amide bonds. The summed E-state index contributed by atoms with van der Waals surface area (Å²) in [6, 6.07) is 10.6. The largest absolute Gasteiger partial charge is 0.508 e. The fourth-order valence-electron chi connectivity index (χ4n) is 1.76. The van der Waals surface area contributed by atoms with Crippen LogP contribution in [0, 0.1) is 0 Å². The number of benzene rings is 2. The van der Waals surface area contributed by atoms with Gasteiger partial charge in [-0.1, -0.05) is 24.3 Å². The highest BCUT2D eigenvalue weighted by Crippen LogP contribution is 2.21. The molecule has 0 aliphatic heterocycles. The van der Waals surface area contributed by atoms with Crippen molar-refractivity contribution < 1.29 is 20.1 Å². The maximum Gasteiger partial charge on any atom is 0.178 e. The van der Waals surface area contributed by atoms with E-state index in [9.17, 15) is 20.1 Å². The molecular weight excluding hydrogens is 268 g/mol. The highest BCUT2D eigenvalue weighted by Gasteiger charge is 1.97. The van der Waals surface area contributed by atoms with Crippen LogP contribution in [0.3, 0.4) is 0 Å². The lowest BCUT2D eigenvalue weighted by Gasteiger charge is -1.97. The van der Waals surface area contributed by atoms with Crippen LogP contribution in [0.2, 0.25) is 0 Å². The van der Waals surface area contributed by atoms with Gasteiger partial charge in [-0.3, -0.25) is 4.79 Å². The quantitative estimate of drug-likeness (QED) is 0.753. The highest BCUT2D eigenvalue weighted by atomic mass is 16.3. The van der Waals surface area contributed by atoms with Crippen LogP contribution in [0.25, 0.3) is 12.2 Å². The van der Waals surface area contributed by atoms with Crippen LogP contribution in [-0.4, -0.2) is 21.1 Å². The number of ketones is 1. The van der Waals surface area contributed by atoms with Crippen LogP contribution in [-0.2, 0) is 4.79 Å². The van der Waals surface area contributed by atoms with Crippen LogP contribution in [0.15, 0.2) is 54.6 Å². The summed E-state index contributed by atoms with van der Waals surface area (Å²) >= 11 is 0. The van der Waals surface area contributed by atoms with Crippen LogP contribution in [0.4, 0.5) is 0 Å². The molecule has 0 bridgehead atoms. The van der Waals surface area contributed by atoms with Gasteiger partial charge in [-0.25, -0.2) is 0 Å². The van der Waals surface area contributed by atoms with Gasteiger partial charge in [-0.05, 0) is 47.5 Å². The third-order valence-corrected chi connectivity index (χ3v) is 2.68. The summed E-state index contributed by atoms with van der Waals surface area (Å²) in [6.45, 7) is 0. The summed E-state index contributed by atoms with van der Waals surface area (Å²) in [5, 5.41) is 27.9. The van der Waals surface area contributed by atoms with Crippen molar-refractivity contribution in [2.24, 2.45) is 0 Å². The molecule has 0 radical (unpaired) electrons. The molecule has 0 saturated heterocycles. The molecule has 2 aromatic carbocycles. The number of phenols is 3. The first kappa shape index (κ1) is 14.4. The lowest BCUT2D eigenvalue weighted by molar-refractivity contribution is -0.110. The van der Waals surface area contributed by atoms with Gasteiger partial charge in [-0.2, -0.15) is 0 Å². The molecule has 0 heterocycles. The minimum atomic E-state index is -0.249. The zero-order chi connectivity index (χ0) is 15.2. The molecule has 0 fully saturated rings. The number of hydrogen-bond acceptors (Lipinski definition) is 4. The van der Waals surface area contributed by atoms with Crippen molar-refractivity contribution in [1.29, 1.82) is 0 Å². The molecule has 21 heavy (non-hydrogen) atoms. The van der Waals surface area contributed by atoms with Gasteiger partial charge in [0.2, 0.25) is 0 Å².